The average molecular weight is 295 g/mol. The summed E-state index contributed by atoms with van der Waals surface area (Å²) >= 11 is 0. The summed E-state index contributed by atoms with van der Waals surface area (Å²) in [6, 6.07) is 3.10. The lowest BCUT2D eigenvalue weighted by atomic mass is 10.0. The van der Waals surface area contributed by atoms with Gasteiger partial charge >= 0.3 is 6.03 Å². The molecule has 1 saturated heterocycles. The molecule has 0 aromatic carbocycles. The number of hydrogen-bond donors (Lipinski definition) is 2. The van der Waals surface area contributed by atoms with Crippen molar-refractivity contribution in [3.8, 4) is 23.1 Å². The van der Waals surface area contributed by atoms with Crippen LogP contribution in [0.5, 0.6) is 0 Å². The summed E-state index contributed by atoms with van der Waals surface area (Å²) in [6.45, 7) is 1.55. The largest absolute Gasteiger partial charge is 0.323 e. The molecule has 1 aliphatic rings. The molecule has 3 heterocycles. The van der Waals surface area contributed by atoms with E-state index in [1.165, 1.54) is 0 Å². The Morgan fingerprint density at radius 2 is 2.09 bits per heavy atom. The average Bonchev–Trinajstić information content (AvgIpc) is 3.02. The van der Waals surface area contributed by atoms with Crippen molar-refractivity contribution in [2.24, 2.45) is 7.05 Å². The van der Waals surface area contributed by atoms with Crippen LogP contribution in [0, 0.1) is 11.8 Å². The molecule has 7 heteroatoms. The quantitative estimate of drug-likeness (QED) is 0.590. The van der Waals surface area contributed by atoms with Gasteiger partial charge in [-0.1, -0.05) is 11.8 Å². The van der Waals surface area contributed by atoms with Crippen LogP contribution >= 0.6 is 0 Å². The van der Waals surface area contributed by atoms with Gasteiger partial charge in [-0.05, 0) is 19.1 Å². The lowest BCUT2D eigenvalue weighted by molar-refractivity contribution is -0.121. The Morgan fingerprint density at radius 3 is 2.64 bits per heavy atom. The van der Waals surface area contributed by atoms with Crippen molar-refractivity contribution in [1.29, 1.82) is 0 Å². The predicted molar refractivity (Wildman–Crippen MR) is 78.4 cm³/mol. The number of imide groups is 1. The third kappa shape index (κ3) is 2.54. The Labute approximate surface area is 126 Å². The normalized spacial score (nSPS) is 20.1. The molecule has 7 nitrogen and oxygen atoms in total. The summed E-state index contributed by atoms with van der Waals surface area (Å²) in [6.07, 6.45) is 5.22. The first-order chi connectivity index (χ1) is 10.5. The molecule has 1 unspecified atom stereocenters. The minimum atomic E-state index is -1.21. The van der Waals surface area contributed by atoms with Gasteiger partial charge in [0.15, 0.2) is 5.54 Å². The molecule has 1 aliphatic heterocycles. The molecule has 0 aliphatic carbocycles. The van der Waals surface area contributed by atoms with E-state index in [0.717, 1.165) is 11.3 Å². The Morgan fingerprint density at radius 1 is 1.27 bits per heavy atom. The molecule has 0 saturated carbocycles. The van der Waals surface area contributed by atoms with Crippen LogP contribution in [0.1, 0.15) is 12.5 Å². The summed E-state index contributed by atoms with van der Waals surface area (Å²) in [7, 11) is 1.84. The van der Waals surface area contributed by atoms with Crippen LogP contribution in [0.3, 0.4) is 0 Å². The molecule has 3 amide bonds. The van der Waals surface area contributed by atoms with Crippen LogP contribution in [0.25, 0.3) is 11.3 Å². The molecule has 1 atom stereocenters. The molecular formula is C15H13N5O2. The van der Waals surface area contributed by atoms with Crippen LogP contribution in [-0.2, 0) is 11.8 Å². The zero-order valence-electron chi connectivity index (χ0n) is 12.0. The molecule has 0 spiro atoms. The monoisotopic (exact) mass is 295 g/mol. The van der Waals surface area contributed by atoms with E-state index < -0.39 is 17.5 Å². The second kappa shape index (κ2) is 5.00. The molecular weight excluding hydrogens is 282 g/mol. The third-order valence-electron chi connectivity index (χ3n) is 3.27. The maximum atomic E-state index is 11.6. The fourth-order valence-corrected chi connectivity index (χ4v) is 2.02. The van der Waals surface area contributed by atoms with Crippen LogP contribution in [0.2, 0.25) is 0 Å². The number of pyridine rings is 1. The highest BCUT2D eigenvalue weighted by Gasteiger charge is 2.40. The van der Waals surface area contributed by atoms with Crippen molar-refractivity contribution in [2.75, 3.05) is 0 Å². The van der Waals surface area contributed by atoms with Crippen LogP contribution < -0.4 is 10.6 Å². The number of nitrogens with zero attached hydrogens (tertiary/aromatic N) is 3. The molecule has 3 rings (SSSR count). The Balaban J connectivity index is 1.82. The Kier molecular flexibility index (Phi) is 3.14. The third-order valence-corrected chi connectivity index (χ3v) is 3.27. The molecule has 2 aromatic heterocycles. The van der Waals surface area contributed by atoms with E-state index >= 15 is 0 Å². The highest BCUT2D eigenvalue weighted by Crippen LogP contribution is 2.15. The van der Waals surface area contributed by atoms with E-state index in [1.807, 2.05) is 19.3 Å². The van der Waals surface area contributed by atoms with Gasteiger partial charge in [0.05, 0.1) is 11.9 Å². The topological polar surface area (TPSA) is 88.9 Å². The van der Waals surface area contributed by atoms with Crippen molar-refractivity contribution >= 4 is 11.9 Å². The number of hydrogen-bond acceptors (Lipinski definition) is 4. The fraction of sp³-hybridized carbons (Fsp3) is 0.200. The van der Waals surface area contributed by atoms with Crippen molar-refractivity contribution in [2.45, 2.75) is 12.5 Å². The summed E-state index contributed by atoms with van der Waals surface area (Å²) in [5, 5.41) is 8.74. The van der Waals surface area contributed by atoms with E-state index in [0.29, 0.717) is 5.56 Å². The zero-order chi connectivity index (χ0) is 15.7. The number of rotatable bonds is 1. The Hall–Kier alpha value is -3.14. The van der Waals surface area contributed by atoms with Crippen LogP contribution in [-0.4, -0.2) is 32.2 Å². The van der Waals surface area contributed by atoms with Gasteiger partial charge in [-0.3, -0.25) is 19.8 Å². The molecule has 22 heavy (non-hydrogen) atoms. The number of amides is 3. The minimum Gasteiger partial charge on any atom is -0.313 e. The van der Waals surface area contributed by atoms with E-state index in [9.17, 15) is 9.59 Å². The summed E-state index contributed by atoms with van der Waals surface area (Å²) in [5.41, 5.74) is 1.15. The maximum Gasteiger partial charge on any atom is 0.323 e. The van der Waals surface area contributed by atoms with E-state index in [1.54, 1.807) is 30.1 Å². The molecule has 110 valence electrons. The number of urea groups is 1. The lowest BCUT2D eigenvalue weighted by Gasteiger charge is -2.11. The highest BCUT2D eigenvalue weighted by molar-refractivity contribution is 6.08. The summed E-state index contributed by atoms with van der Waals surface area (Å²) in [4.78, 5) is 27.1. The van der Waals surface area contributed by atoms with Crippen molar-refractivity contribution in [1.82, 2.24) is 25.4 Å². The van der Waals surface area contributed by atoms with Gasteiger partial charge in [0, 0.05) is 30.6 Å². The van der Waals surface area contributed by atoms with Gasteiger partial charge in [-0.25, -0.2) is 4.79 Å². The number of nitrogens with one attached hydrogen (secondary N) is 2. The standard InChI is InChI=1S/C15H13N5O2/c1-15(13(21)18-14(22)19-15)6-5-10-3-4-12(16-7-10)11-8-17-20(2)9-11/h3-4,7-9H,1-2H3,(H2,18,19,21,22). The van der Waals surface area contributed by atoms with Gasteiger partial charge in [-0.2, -0.15) is 5.10 Å². The lowest BCUT2D eigenvalue weighted by Crippen LogP contribution is -2.42. The van der Waals surface area contributed by atoms with Gasteiger partial charge in [0.1, 0.15) is 0 Å². The highest BCUT2D eigenvalue weighted by atomic mass is 16.2. The molecule has 2 N–H and O–H groups in total. The second-order valence-electron chi connectivity index (χ2n) is 5.12. The van der Waals surface area contributed by atoms with Gasteiger partial charge in [0.2, 0.25) is 0 Å². The van der Waals surface area contributed by atoms with E-state index in [-0.39, 0.29) is 0 Å². The van der Waals surface area contributed by atoms with Crippen molar-refractivity contribution < 1.29 is 9.59 Å². The first-order valence-corrected chi connectivity index (χ1v) is 6.58. The Bertz CT molecular complexity index is 812. The SMILES string of the molecule is Cn1cc(-c2ccc(C#CC3(C)NC(=O)NC3=O)cn2)cn1. The zero-order valence-corrected chi connectivity index (χ0v) is 12.0. The maximum absolute atomic E-state index is 11.6. The van der Waals surface area contributed by atoms with E-state index in [4.69, 9.17) is 0 Å². The van der Waals surface area contributed by atoms with E-state index in [2.05, 4.69) is 32.6 Å². The van der Waals surface area contributed by atoms with Gasteiger partial charge < -0.3 is 5.32 Å². The second-order valence-corrected chi connectivity index (χ2v) is 5.12. The number of aromatic nitrogens is 3. The van der Waals surface area contributed by atoms with Gasteiger partial charge in [-0.15, -0.1) is 0 Å². The first-order valence-electron chi connectivity index (χ1n) is 6.58. The van der Waals surface area contributed by atoms with Gasteiger partial charge in [0.25, 0.3) is 5.91 Å². The molecule has 1 fully saturated rings. The predicted octanol–water partition coefficient (Wildman–Crippen LogP) is 0.432. The summed E-state index contributed by atoms with van der Waals surface area (Å²) in [5.74, 6) is 5.17. The molecule has 0 bridgehead atoms. The van der Waals surface area contributed by atoms with Crippen molar-refractivity contribution in [3.05, 3.63) is 36.3 Å². The molecule has 0 radical (unpaired) electrons. The molecule has 2 aromatic rings. The smallest absolute Gasteiger partial charge is 0.313 e. The fourth-order valence-electron chi connectivity index (χ4n) is 2.02. The van der Waals surface area contributed by atoms with Crippen LogP contribution in [0.15, 0.2) is 30.7 Å². The van der Waals surface area contributed by atoms with Crippen LogP contribution in [0.4, 0.5) is 4.79 Å². The number of aryl methyl sites for hydroxylation is 1. The first kappa shape index (κ1) is 13.8. The summed E-state index contributed by atoms with van der Waals surface area (Å²) < 4.78 is 1.70. The number of carbonyl (C=O) groups excluding carboxylic acids is 2. The minimum absolute atomic E-state index is 0.454. The number of carbonyl (C=O) groups is 2. The van der Waals surface area contributed by atoms with Crippen molar-refractivity contribution in [3.63, 3.8) is 0 Å².